The maximum atomic E-state index is 11.4. The minimum absolute atomic E-state index is 0.324. The van der Waals surface area contributed by atoms with E-state index in [4.69, 9.17) is 11.5 Å². The number of hydrogen-bond donors (Lipinski definition) is 2. The van der Waals surface area contributed by atoms with Gasteiger partial charge in [0, 0.05) is 6.54 Å². The Kier molecular flexibility index (Phi) is 2.98. The molecule has 15 heavy (non-hydrogen) atoms. The Hall–Kier alpha value is -0.610. The fourth-order valence-electron chi connectivity index (χ4n) is 2.49. The van der Waals surface area contributed by atoms with Crippen molar-refractivity contribution in [3.63, 3.8) is 0 Å². The Morgan fingerprint density at radius 3 is 2.33 bits per heavy atom. The second-order valence-electron chi connectivity index (χ2n) is 5.02. The molecule has 2 rings (SSSR count). The standard InChI is InChI=1S/C11H21N3O/c12-10(15)11(13,9-4-5-9)8-14-6-2-1-3-7-14/h9H,1-8,13H2,(H2,12,15). The van der Waals surface area contributed by atoms with E-state index in [9.17, 15) is 4.79 Å². The molecule has 2 fully saturated rings. The van der Waals surface area contributed by atoms with Crippen LogP contribution in [-0.4, -0.2) is 36.0 Å². The summed E-state index contributed by atoms with van der Waals surface area (Å²) in [6.45, 7) is 2.80. The lowest BCUT2D eigenvalue weighted by molar-refractivity contribution is -0.124. The van der Waals surface area contributed by atoms with Crippen LogP contribution in [0.1, 0.15) is 32.1 Å². The van der Waals surface area contributed by atoms with Crippen LogP contribution < -0.4 is 11.5 Å². The van der Waals surface area contributed by atoms with Gasteiger partial charge in [0.25, 0.3) is 0 Å². The van der Waals surface area contributed by atoms with Crippen LogP contribution >= 0.6 is 0 Å². The molecule has 4 heteroatoms. The molecule has 4 N–H and O–H groups in total. The molecule has 0 bridgehead atoms. The van der Waals surface area contributed by atoms with Crippen LogP contribution in [-0.2, 0) is 4.79 Å². The van der Waals surface area contributed by atoms with Gasteiger partial charge < -0.3 is 16.4 Å². The van der Waals surface area contributed by atoms with Crippen molar-refractivity contribution in [2.75, 3.05) is 19.6 Å². The molecule has 1 aliphatic carbocycles. The average Bonchev–Trinajstić information content (AvgIpc) is 3.02. The molecular formula is C11H21N3O. The minimum atomic E-state index is -0.767. The number of carbonyl (C=O) groups excluding carboxylic acids is 1. The van der Waals surface area contributed by atoms with E-state index in [1.165, 1.54) is 19.3 Å². The highest BCUT2D eigenvalue weighted by Crippen LogP contribution is 2.38. The third kappa shape index (κ3) is 2.32. The molecule has 1 amide bonds. The molecule has 0 aromatic carbocycles. The molecule has 1 heterocycles. The Bertz CT molecular complexity index is 246. The zero-order valence-electron chi connectivity index (χ0n) is 9.24. The lowest BCUT2D eigenvalue weighted by Crippen LogP contribution is -2.61. The fraction of sp³-hybridized carbons (Fsp3) is 0.909. The van der Waals surface area contributed by atoms with Gasteiger partial charge in [-0.3, -0.25) is 4.79 Å². The van der Waals surface area contributed by atoms with Gasteiger partial charge in [0.15, 0.2) is 0 Å². The highest BCUT2D eigenvalue weighted by molar-refractivity contribution is 5.85. The number of rotatable bonds is 4. The number of piperidine rings is 1. The van der Waals surface area contributed by atoms with E-state index in [-0.39, 0.29) is 5.91 Å². The van der Waals surface area contributed by atoms with Crippen LogP contribution in [0.4, 0.5) is 0 Å². The molecule has 1 saturated carbocycles. The number of amides is 1. The van der Waals surface area contributed by atoms with E-state index in [2.05, 4.69) is 4.90 Å². The SMILES string of the molecule is NC(=O)C(N)(CN1CCCCC1)C1CC1. The van der Waals surface area contributed by atoms with Gasteiger partial charge in [0.1, 0.15) is 5.54 Å². The van der Waals surface area contributed by atoms with Gasteiger partial charge in [-0.25, -0.2) is 0 Å². The number of hydrogen-bond acceptors (Lipinski definition) is 3. The smallest absolute Gasteiger partial charge is 0.239 e. The van der Waals surface area contributed by atoms with Crippen molar-refractivity contribution in [2.45, 2.75) is 37.6 Å². The van der Waals surface area contributed by atoms with Crippen molar-refractivity contribution in [2.24, 2.45) is 17.4 Å². The summed E-state index contributed by atoms with van der Waals surface area (Å²) >= 11 is 0. The predicted molar refractivity (Wildman–Crippen MR) is 59.1 cm³/mol. The Balaban J connectivity index is 1.96. The van der Waals surface area contributed by atoms with Crippen LogP contribution in [0.5, 0.6) is 0 Å². The molecule has 1 aliphatic heterocycles. The van der Waals surface area contributed by atoms with E-state index >= 15 is 0 Å². The monoisotopic (exact) mass is 211 g/mol. The van der Waals surface area contributed by atoms with E-state index in [0.717, 1.165) is 25.9 Å². The third-order valence-electron chi connectivity index (χ3n) is 3.70. The van der Waals surface area contributed by atoms with Crippen LogP contribution in [0.25, 0.3) is 0 Å². The predicted octanol–water partition coefficient (Wildman–Crippen LogP) is 0.0651. The molecule has 1 atom stereocenters. The molecule has 0 aromatic heterocycles. The average molecular weight is 211 g/mol. The van der Waals surface area contributed by atoms with Gasteiger partial charge in [-0.1, -0.05) is 6.42 Å². The normalized spacial score (nSPS) is 27.3. The molecule has 0 spiro atoms. The molecular weight excluding hydrogens is 190 g/mol. The number of nitrogens with zero attached hydrogens (tertiary/aromatic N) is 1. The number of likely N-dealkylation sites (tertiary alicyclic amines) is 1. The number of nitrogens with two attached hydrogens (primary N) is 2. The van der Waals surface area contributed by atoms with Crippen molar-refractivity contribution in [1.82, 2.24) is 4.90 Å². The van der Waals surface area contributed by atoms with Crippen molar-refractivity contribution in [1.29, 1.82) is 0 Å². The van der Waals surface area contributed by atoms with E-state index in [0.29, 0.717) is 12.5 Å². The first-order valence-electron chi connectivity index (χ1n) is 5.94. The van der Waals surface area contributed by atoms with E-state index < -0.39 is 5.54 Å². The molecule has 1 saturated heterocycles. The summed E-state index contributed by atoms with van der Waals surface area (Å²) in [5.41, 5.74) is 10.8. The van der Waals surface area contributed by atoms with Gasteiger partial charge >= 0.3 is 0 Å². The van der Waals surface area contributed by atoms with Gasteiger partial charge in [0.05, 0.1) is 0 Å². The first-order chi connectivity index (χ1) is 7.13. The van der Waals surface area contributed by atoms with Crippen LogP contribution in [0.3, 0.4) is 0 Å². The molecule has 1 unspecified atom stereocenters. The maximum Gasteiger partial charge on any atom is 0.239 e. The zero-order chi connectivity index (χ0) is 10.9. The summed E-state index contributed by atoms with van der Waals surface area (Å²) in [5.74, 6) is 0.00694. The summed E-state index contributed by atoms with van der Waals surface area (Å²) in [6.07, 6.45) is 5.87. The summed E-state index contributed by atoms with van der Waals surface area (Å²) in [5, 5.41) is 0. The van der Waals surface area contributed by atoms with Crippen molar-refractivity contribution in [3.8, 4) is 0 Å². The lowest BCUT2D eigenvalue weighted by Gasteiger charge is -2.35. The van der Waals surface area contributed by atoms with Crippen LogP contribution in [0.15, 0.2) is 0 Å². The molecule has 0 radical (unpaired) electrons. The fourth-order valence-corrected chi connectivity index (χ4v) is 2.49. The van der Waals surface area contributed by atoms with Gasteiger partial charge in [-0.2, -0.15) is 0 Å². The van der Waals surface area contributed by atoms with E-state index in [1.54, 1.807) is 0 Å². The van der Waals surface area contributed by atoms with Crippen LogP contribution in [0, 0.1) is 5.92 Å². The number of primary amides is 1. The second kappa shape index (κ2) is 4.10. The second-order valence-corrected chi connectivity index (χ2v) is 5.02. The lowest BCUT2D eigenvalue weighted by atomic mass is 9.92. The van der Waals surface area contributed by atoms with Crippen molar-refractivity contribution >= 4 is 5.91 Å². The molecule has 0 aromatic rings. The summed E-state index contributed by atoms with van der Waals surface area (Å²) in [4.78, 5) is 13.7. The first-order valence-corrected chi connectivity index (χ1v) is 5.94. The van der Waals surface area contributed by atoms with Gasteiger partial charge in [-0.05, 0) is 44.7 Å². The minimum Gasteiger partial charge on any atom is -0.368 e. The summed E-state index contributed by atoms with van der Waals surface area (Å²) in [7, 11) is 0. The highest BCUT2D eigenvalue weighted by atomic mass is 16.1. The van der Waals surface area contributed by atoms with Gasteiger partial charge in [0.2, 0.25) is 5.91 Å². The Morgan fingerprint density at radius 1 is 1.27 bits per heavy atom. The Morgan fingerprint density at radius 2 is 1.87 bits per heavy atom. The first kappa shape index (κ1) is 10.9. The van der Waals surface area contributed by atoms with E-state index in [1.807, 2.05) is 0 Å². The zero-order valence-corrected chi connectivity index (χ0v) is 9.24. The maximum absolute atomic E-state index is 11.4. The third-order valence-corrected chi connectivity index (χ3v) is 3.70. The summed E-state index contributed by atoms with van der Waals surface area (Å²) in [6, 6.07) is 0. The Labute approximate surface area is 91.0 Å². The highest BCUT2D eigenvalue weighted by Gasteiger charge is 2.47. The molecule has 2 aliphatic rings. The summed E-state index contributed by atoms with van der Waals surface area (Å²) < 4.78 is 0. The van der Waals surface area contributed by atoms with Crippen LogP contribution in [0.2, 0.25) is 0 Å². The number of carbonyl (C=O) groups is 1. The van der Waals surface area contributed by atoms with Gasteiger partial charge in [-0.15, -0.1) is 0 Å². The van der Waals surface area contributed by atoms with Crippen molar-refractivity contribution in [3.05, 3.63) is 0 Å². The topological polar surface area (TPSA) is 72.3 Å². The molecule has 4 nitrogen and oxygen atoms in total. The van der Waals surface area contributed by atoms with Crippen molar-refractivity contribution < 1.29 is 4.79 Å². The molecule has 86 valence electrons. The quantitative estimate of drug-likeness (QED) is 0.691. The largest absolute Gasteiger partial charge is 0.368 e.